The quantitative estimate of drug-likeness (QED) is 0.117. The Morgan fingerprint density at radius 1 is 0.868 bits per heavy atom. The molecule has 0 saturated carbocycles. The normalized spacial score (nSPS) is 11.5. The Kier molecular flexibility index (Phi) is 9.10. The molecule has 1 unspecified atom stereocenters. The van der Waals surface area contributed by atoms with Crippen molar-refractivity contribution in [1.29, 1.82) is 0 Å². The van der Waals surface area contributed by atoms with E-state index in [0.717, 1.165) is 5.56 Å². The van der Waals surface area contributed by atoms with Gasteiger partial charge in [-0.25, -0.2) is 10.2 Å². The molecule has 0 radical (unpaired) electrons. The average molecular weight is 529 g/mol. The van der Waals surface area contributed by atoms with Crippen LogP contribution in [-0.4, -0.2) is 24.2 Å². The largest absolute Gasteiger partial charge is 0.489 e. The van der Waals surface area contributed by atoms with E-state index in [1.165, 1.54) is 12.3 Å². The number of halogens is 1. The minimum Gasteiger partial charge on any atom is -0.489 e. The van der Waals surface area contributed by atoms with Crippen LogP contribution in [0.15, 0.2) is 108 Å². The number of hydrogen-bond donors (Lipinski definition) is 1. The van der Waals surface area contributed by atoms with Crippen LogP contribution < -0.4 is 19.6 Å². The Balaban J connectivity index is 1.21. The molecule has 0 aliphatic rings. The molecule has 0 aliphatic carbocycles. The van der Waals surface area contributed by atoms with Crippen molar-refractivity contribution in [2.75, 3.05) is 0 Å². The van der Waals surface area contributed by atoms with Crippen molar-refractivity contribution >= 4 is 29.7 Å². The zero-order chi connectivity index (χ0) is 26.7. The minimum absolute atomic E-state index is 0.356. The maximum absolute atomic E-state index is 12.4. The Morgan fingerprint density at radius 3 is 2.26 bits per heavy atom. The zero-order valence-electron chi connectivity index (χ0n) is 20.5. The summed E-state index contributed by atoms with van der Waals surface area (Å²) in [6, 6.07) is 30.1. The van der Waals surface area contributed by atoms with Gasteiger partial charge >= 0.3 is 5.97 Å². The standard InChI is InChI=1S/C30H25ClN2O5/c1-21(37-27-16-14-26(15-17-27)36-20-23-6-3-2-4-7-23)29(34)33-32-19-22-10-12-28(13-11-22)38-30(35)24-8-5-9-25(31)18-24/h2-19,21H,20H2,1H3,(H,33,34)/b32-19+. The number of esters is 1. The summed E-state index contributed by atoms with van der Waals surface area (Å²) in [5.74, 6) is 0.691. The lowest BCUT2D eigenvalue weighted by molar-refractivity contribution is -0.127. The van der Waals surface area contributed by atoms with E-state index in [-0.39, 0.29) is 0 Å². The Morgan fingerprint density at radius 2 is 1.55 bits per heavy atom. The molecule has 7 nitrogen and oxygen atoms in total. The SMILES string of the molecule is CC(Oc1ccc(OCc2ccccc2)cc1)C(=O)N/N=C/c1ccc(OC(=O)c2cccc(Cl)c2)cc1. The molecule has 1 atom stereocenters. The molecule has 1 N–H and O–H groups in total. The van der Waals surface area contributed by atoms with E-state index in [4.69, 9.17) is 25.8 Å². The van der Waals surface area contributed by atoms with Crippen molar-refractivity contribution in [2.24, 2.45) is 5.10 Å². The highest BCUT2D eigenvalue weighted by Gasteiger charge is 2.14. The molecule has 0 fully saturated rings. The molecule has 8 heteroatoms. The molecular formula is C30H25ClN2O5. The van der Waals surface area contributed by atoms with E-state index in [1.807, 2.05) is 30.3 Å². The van der Waals surface area contributed by atoms with Crippen LogP contribution in [0.4, 0.5) is 0 Å². The van der Waals surface area contributed by atoms with Crippen molar-refractivity contribution in [1.82, 2.24) is 5.43 Å². The first-order chi connectivity index (χ1) is 18.5. The Hall–Kier alpha value is -4.62. The number of carbonyl (C=O) groups excluding carboxylic acids is 2. The molecule has 4 rings (SSSR count). The van der Waals surface area contributed by atoms with Gasteiger partial charge in [0.05, 0.1) is 11.8 Å². The molecular weight excluding hydrogens is 504 g/mol. The van der Waals surface area contributed by atoms with Crippen LogP contribution in [-0.2, 0) is 11.4 Å². The Bertz CT molecular complexity index is 1390. The van der Waals surface area contributed by atoms with E-state index in [2.05, 4.69) is 10.5 Å². The fraction of sp³-hybridized carbons (Fsp3) is 0.100. The number of carbonyl (C=O) groups is 2. The van der Waals surface area contributed by atoms with Gasteiger partial charge in [0.1, 0.15) is 23.9 Å². The second-order valence-corrected chi connectivity index (χ2v) is 8.65. The molecule has 0 saturated heterocycles. The van der Waals surface area contributed by atoms with E-state index in [1.54, 1.807) is 73.7 Å². The number of nitrogens with one attached hydrogen (secondary N) is 1. The molecule has 0 aromatic heterocycles. The molecule has 4 aromatic carbocycles. The first kappa shape index (κ1) is 26.4. The van der Waals surface area contributed by atoms with E-state index >= 15 is 0 Å². The molecule has 0 bridgehead atoms. The summed E-state index contributed by atoms with van der Waals surface area (Å²) < 4.78 is 16.8. The third kappa shape index (κ3) is 7.94. The minimum atomic E-state index is -0.767. The van der Waals surface area contributed by atoms with Gasteiger partial charge in [-0.1, -0.05) is 48.0 Å². The van der Waals surface area contributed by atoms with Crippen LogP contribution >= 0.6 is 11.6 Å². The molecule has 38 heavy (non-hydrogen) atoms. The second kappa shape index (κ2) is 13.1. The highest BCUT2D eigenvalue weighted by atomic mass is 35.5. The van der Waals surface area contributed by atoms with E-state index in [0.29, 0.717) is 40.0 Å². The summed E-state index contributed by atoms with van der Waals surface area (Å²) in [4.78, 5) is 24.6. The van der Waals surface area contributed by atoms with Gasteiger partial charge in [-0.05, 0) is 84.8 Å². The smallest absolute Gasteiger partial charge is 0.343 e. The first-order valence-electron chi connectivity index (χ1n) is 11.8. The fourth-order valence-corrected chi connectivity index (χ4v) is 3.47. The fourth-order valence-electron chi connectivity index (χ4n) is 3.28. The van der Waals surface area contributed by atoms with Crippen LogP contribution in [0.3, 0.4) is 0 Å². The molecule has 1 amide bonds. The summed E-state index contributed by atoms with van der Waals surface area (Å²) in [5, 5.41) is 4.43. The summed E-state index contributed by atoms with van der Waals surface area (Å²) in [6.07, 6.45) is 0.711. The maximum atomic E-state index is 12.4. The highest BCUT2D eigenvalue weighted by molar-refractivity contribution is 6.30. The number of hydrogen-bond acceptors (Lipinski definition) is 6. The van der Waals surface area contributed by atoms with Crippen molar-refractivity contribution in [3.05, 3.63) is 125 Å². The second-order valence-electron chi connectivity index (χ2n) is 8.21. The number of hydrazone groups is 1. The lowest BCUT2D eigenvalue weighted by Gasteiger charge is -2.13. The third-order valence-corrected chi connectivity index (χ3v) is 5.53. The van der Waals surface area contributed by atoms with Crippen molar-refractivity contribution in [2.45, 2.75) is 19.6 Å². The molecule has 192 valence electrons. The molecule has 4 aromatic rings. The molecule has 0 spiro atoms. The number of rotatable bonds is 10. The van der Waals surface area contributed by atoms with Gasteiger partial charge in [0, 0.05) is 5.02 Å². The van der Waals surface area contributed by atoms with Crippen LogP contribution in [0, 0.1) is 0 Å². The summed E-state index contributed by atoms with van der Waals surface area (Å²) >= 11 is 5.91. The maximum Gasteiger partial charge on any atom is 0.343 e. The number of benzene rings is 4. The lowest BCUT2D eigenvalue weighted by Crippen LogP contribution is -2.33. The topological polar surface area (TPSA) is 86.2 Å². The predicted molar refractivity (Wildman–Crippen MR) is 146 cm³/mol. The number of amides is 1. The van der Waals surface area contributed by atoms with Crippen LogP contribution in [0.25, 0.3) is 0 Å². The van der Waals surface area contributed by atoms with Gasteiger partial charge < -0.3 is 14.2 Å². The monoisotopic (exact) mass is 528 g/mol. The first-order valence-corrected chi connectivity index (χ1v) is 12.2. The van der Waals surface area contributed by atoms with Crippen LogP contribution in [0.5, 0.6) is 17.2 Å². The van der Waals surface area contributed by atoms with Gasteiger partial charge in [-0.2, -0.15) is 5.10 Å². The number of nitrogens with zero attached hydrogens (tertiary/aromatic N) is 1. The summed E-state index contributed by atoms with van der Waals surface area (Å²) in [5.41, 5.74) is 4.59. The summed E-state index contributed by atoms with van der Waals surface area (Å²) in [6.45, 7) is 2.10. The van der Waals surface area contributed by atoms with E-state index < -0.39 is 18.0 Å². The van der Waals surface area contributed by atoms with Crippen molar-refractivity contribution in [3.63, 3.8) is 0 Å². The van der Waals surface area contributed by atoms with Crippen molar-refractivity contribution in [3.8, 4) is 17.2 Å². The average Bonchev–Trinajstić information content (AvgIpc) is 2.94. The van der Waals surface area contributed by atoms with Crippen molar-refractivity contribution < 1.29 is 23.8 Å². The van der Waals surface area contributed by atoms with Gasteiger partial charge in [-0.3, -0.25) is 4.79 Å². The Labute approximate surface area is 225 Å². The summed E-state index contributed by atoms with van der Waals surface area (Å²) in [7, 11) is 0. The van der Waals surface area contributed by atoms with Gasteiger partial charge in [0.15, 0.2) is 6.10 Å². The zero-order valence-corrected chi connectivity index (χ0v) is 21.3. The van der Waals surface area contributed by atoms with Gasteiger partial charge in [-0.15, -0.1) is 0 Å². The predicted octanol–water partition coefficient (Wildman–Crippen LogP) is 6.06. The van der Waals surface area contributed by atoms with Crippen LogP contribution in [0.2, 0.25) is 5.02 Å². The molecule has 0 aliphatic heterocycles. The highest BCUT2D eigenvalue weighted by Crippen LogP contribution is 2.20. The van der Waals surface area contributed by atoms with Gasteiger partial charge in [0.2, 0.25) is 0 Å². The number of ether oxygens (including phenoxy) is 3. The molecule has 0 heterocycles. The van der Waals surface area contributed by atoms with E-state index in [9.17, 15) is 9.59 Å². The third-order valence-electron chi connectivity index (χ3n) is 5.29. The lowest BCUT2D eigenvalue weighted by atomic mass is 10.2. The van der Waals surface area contributed by atoms with Crippen LogP contribution in [0.1, 0.15) is 28.4 Å². The van der Waals surface area contributed by atoms with Gasteiger partial charge in [0.25, 0.3) is 5.91 Å².